The van der Waals surface area contributed by atoms with Crippen LogP contribution in [-0.2, 0) is 4.79 Å². The molecule has 2 N–H and O–H groups in total. The summed E-state index contributed by atoms with van der Waals surface area (Å²) in [4.78, 5) is 11.8. The lowest BCUT2D eigenvalue weighted by Crippen LogP contribution is -2.39. The molecule has 0 spiro atoms. The van der Waals surface area contributed by atoms with Crippen LogP contribution in [0, 0.1) is 0 Å². The van der Waals surface area contributed by atoms with Gasteiger partial charge in [0.05, 0.1) is 0 Å². The second-order valence-electron chi connectivity index (χ2n) is 4.88. The minimum atomic E-state index is -0.487. The van der Waals surface area contributed by atoms with E-state index in [1.165, 1.54) is 5.56 Å². The normalized spacial score (nSPS) is 11.7. The van der Waals surface area contributed by atoms with Gasteiger partial charge in [-0.3, -0.25) is 4.79 Å². The van der Waals surface area contributed by atoms with Gasteiger partial charge in [-0.1, -0.05) is 26.0 Å². The third kappa shape index (κ3) is 6.26. The molecule has 0 fully saturated rings. The average Bonchev–Trinajstić information content (AvgIpc) is 2.39. The van der Waals surface area contributed by atoms with Crippen LogP contribution in [0.15, 0.2) is 24.3 Å². The topological polar surface area (TPSA) is 50.4 Å². The second-order valence-corrected chi connectivity index (χ2v) is 4.88. The van der Waals surface area contributed by atoms with E-state index in [2.05, 4.69) is 30.5 Å². The van der Waals surface area contributed by atoms with Crippen LogP contribution in [-0.4, -0.2) is 32.1 Å². The molecular weight excluding hydrogens is 276 g/mol. The summed E-state index contributed by atoms with van der Waals surface area (Å²) < 4.78 is 5.67. The monoisotopic (exact) mass is 300 g/mol. The fraction of sp³-hybridized carbons (Fsp3) is 0.533. The highest BCUT2D eigenvalue weighted by Crippen LogP contribution is 2.20. The van der Waals surface area contributed by atoms with E-state index in [9.17, 15) is 4.79 Å². The van der Waals surface area contributed by atoms with Gasteiger partial charge in [0.1, 0.15) is 5.75 Å². The van der Waals surface area contributed by atoms with Gasteiger partial charge in [0.15, 0.2) is 6.10 Å². The van der Waals surface area contributed by atoms with Gasteiger partial charge in [0.25, 0.3) is 5.91 Å². The van der Waals surface area contributed by atoms with Crippen molar-refractivity contribution in [3.8, 4) is 5.75 Å². The van der Waals surface area contributed by atoms with E-state index >= 15 is 0 Å². The van der Waals surface area contributed by atoms with Crippen molar-refractivity contribution < 1.29 is 9.53 Å². The lowest BCUT2D eigenvalue weighted by Gasteiger charge is -2.16. The summed E-state index contributed by atoms with van der Waals surface area (Å²) in [5.41, 5.74) is 1.21. The number of rotatable bonds is 7. The molecule has 1 aromatic rings. The van der Waals surface area contributed by atoms with Gasteiger partial charge in [-0.05, 0) is 37.6 Å². The van der Waals surface area contributed by atoms with E-state index in [1.54, 1.807) is 6.92 Å². The maximum absolute atomic E-state index is 11.8. The van der Waals surface area contributed by atoms with Crippen LogP contribution in [0.25, 0.3) is 0 Å². The number of carbonyl (C=O) groups is 1. The molecule has 0 saturated carbocycles. The Balaban J connectivity index is 0.00000361. The number of benzene rings is 1. The smallest absolute Gasteiger partial charge is 0.260 e. The van der Waals surface area contributed by atoms with Crippen molar-refractivity contribution in [2.24, 2.45) is 0 Å². The summed E-state index contributed by atoms with van der Waals surface area (Å²) in [6, 6.07) is 7.89. The zero-order valence-corrected chi connectivity index (χ0v) is 13.4. The Hall–Kier alpha value is -1.26. The molecular formula is C15H25ClN2O2. The average molecular weight is 301 g/mol. The minimum Gasteiger partial charge on any atom is -0.481 e. The predicted molar refractivity (Wildman–Crippen MR) is 84.8 cm³/mol. The number of carbonyl (C=O) groups excluding carboxylic acids is 1. The number of likely N-dealkylation sites (N-methyl/N-ethyl adjacent to an activating group) is 1. The van der Waals surface area contributed by atoms with Crippen LogP contribution in [0.2, 0.25) is 0 Å². The quantitative estimate of drug-likeness (QED) is 0.760. The molecule has 0 aliphatic carbocycles. The van der Waals surface area contributed by atoms with Gasteiger partial charge >= 0.3 is 0 Å². The molecule has 4 nitrogen and oxygen atoms in total. The molecule has 1 unspecified atom stereocenters. The standard InChI is InChI=1S/C15H24N2O2.ClH/c1-11(2)13-6-5-7-14(10-13)19-12(3)15(18)17-9-8-16-4;/h5-7,10-12,16H,8-9H2,1-4H3,(H,17,18);1H. The van der Waals surface area contributed by atoms with Crippen LogP contribution in [0.4, 0.5) is 0 Å². The summed E-state index contributed by atoms with van der Waals surface area (Å²) in [5.74, 6) is 1.09. The first-order chi connectivity index (χ1) is 9.04. The number of nitrogens with one attached hydrogen (secondary N) is 2. The van der Waals surface area contributed by atoms with Crippen LogP contribution < -0.4 is 15.4 Å². The van der Waals surface area contributed by atoms with E-state index in [4.69, 9.17) is 4.74 Å². The second kappa shape index (κ2) is 9.61. The van der Waals surface area contributed by atoms with Crippen LogP contribution in [0.1, 0.15) is 32.3 Å². The van der Waals surface area contributed by atoms with E-state index in [0.717, 1.165) is 12.3 Å². The zero-order valence-electron chi connectivity index (χ0n) is 12.6. The maximum atomic E-state index is 11.8. The molecule has 0 heterocycles. The molecule has 1 rings (SSSR count). The highest BCUT2D eigenvalue weighted by molar-refractivity contribution is 5.85. The first kappa shape index (κ1) is 18.7. The summed E-state index contributed by atoms with van der Waals surface area (Å²) in [5, 5.41) is 5.79. The number of amides is 1. The lowest BCUT2D eigenvalue weighted by atomic mass is 10.0. The van der Waals surface area contributed by atoms with Crippen molar-refractivity contribution >= 4 is 18.3 Å². The molecule has 5 heteroatoms. The molecule has 0 aliphatic rings. The Kier molecular flexibility index (Phi) is 9.01. The van der Waals surface area contributed by atoms with Gasteiger partial charge < -0.3 is 15.4 Å². The van der Waals surface area contributed by atoms with Crippen molar-refractivity contribution in [1.29, 1.82) is 0 Å². The largest absolute Gasteiger partial charge is 0.481 e. The number of ether oxygens (including phenoxy) is 1. The van der Waals surface area contributed by atoms with Crippen LogP contribution >= 0.6 is 12.4 Å². The molecule has 114 valence electrons. The van der Waals surface area contributed by atoms with Crippen molar-refractivity contribution in [3.05, 3.63) is 29.8 Å². The molecule has 1 atom stereocenters. The highest BCUT2D eigenvalue weighted by atomic mass is 35.5. The third-order valence-corrected chi connectivity index (χ3v) is 2.88. The van der Waals surface area contributed by atoms with Crippen molar-refractivity contribution in [1.82, 2.24) is 10.6 Å². The Morgan fingerprint density at radius 2 is 1.95 bits per heavy atom. The Morgan fingerprint density at radius 1 is 1.25 bits per heavy atom. The number of hydrogen-bond acceptors (Lipinski definition) is 3. The van der Waals surface area contributed by atoms with Crippen LogP contribution in [0.3, 0.4) is 0 Å². The molecule has 0 aliphatic heterocycles. The summed E-state index contributed by atoms with van der Waals surface area (Å²) in [6.45, 7) is 7.38. The van der Waals surface area contributed by atoms with Crippen molar-refractivity contribution in [2.75, 3.05) is 20.1 Å². The SMILES string of the molecule is CNCCNC(=O)C(C)Oc1cccc(C(C)C)c1.Cl. The van der Waals surface area contributed by atoms with E-state index < -0.39 is 6.10 Å². The van der Waals surface area contributed by atoms with E-state index in [-0.39, 0.29) is 18.3 Å². The summed E-state index contributed by atoms with van der Waals surface area (Å²) >= 11 is 0. The molecule has 20 heavy (non-hydrogen) atoms. The summed E-state index contributed by atoms with van der Waals surface area (Å²) in [7, 11) is 1.85. The fourth-order valence-corrected chi connectivity index (χ4v) is 1.66. The maximum Gasteiger partial charge on any atom is 0.260 e. The fourth-order valence-electron chi connectivity index (χ4n) is 1.66. The highest BCUT2D eigenvalue weighted by Gasteiger charge is 2.14. The third-order valence-electron chi connectivity index (χ3n) is 2.88. The van der Waals surface area contributed by atoms with Crippen molar-refractivity contribution in [3.63, 3.8) is 0 Å². The van der Waals surface area contributed by atoms with Gasteiger partial charge in [0, 0.05) is 13.1 Å². The molecule has 1 aromatic carbocycles. The van der Waals surface area contributed by atoms with Gasteiger partial charge in [-0.2, -0.15) is 0 Å². The Labute approximate surface area is 127 Å². The molecule has 0 bridgehead atoms. The van der Waals surface area contributed by atoms with Crippen LogP contribution in [0.5, 0.6) is 5.75 Å². The Morgan fingerprint density at radius 3 is 2.55 bits per heavy atom. The first-order valence-electron chi connectivity index (χ1n) is 6.73. The first-order valence-corrected chi connectivity index (χ1v) is 6.73. The molecule has 1 amide bonds. The molecule has 0 radical (unpaired) electrons. The minimum absolute atomic E-state index is 0. The number of halogens is 1. The Bertz CT molecular complexity index is 411. The van der Waals surface area contributed by atoms with E-state index in [1.807, 2.05) is 25.2 Å². The van der Waals surface area contributed by atoms with Gasteiger partial charge in [-0.15, -0.1) is 12.4 Å². The van der Waals surface area contributed by atoms with Gasteiger partial charge in [0.2, 0.25) is 0 Å². The van der Waals surface area contributed by atoms with E-state index in [0.29, 0.717) is 12.5 Å². The molecule has 0 aromatic heterocycles. The molecule has 0 saturated heterocycles. The van der Waals surface area contributed by atoms with Crippen molar-refractivity contribution in [2.45, 2.75) is 32.8 Å². The predicted octanol–water partition coefficient (Wildman–Crippen LogP) is 2.33. The number of hydrogen-bond donors (Lipinski definition) is 2. The summed E-state index contributed by atoms with van der Waals surface area (Å²) in [6.07, 6.45) is -0.487. The lowest BCUT2D eigenvalue weighted by molar-refractivity contribution is -0.127. The zero-order chi connectivity index (χ0) is 14.3. The van der Waals surface area contributed by atoms with Gasteiger partial charge in [-0.25, -0.2) is 0 Å².